The smallest absolute Gasteiger partial charge is 0.187 e. The molecule has 0 aliphatic heterocycles. The van der Waals surface area contributed by atoms with Crippen LogP contribution >= 0.6 is 23.2 Å². The number of benzene rings is 1. The van der Waals surface area contributed by atoms with Gasteiger partial charge in [0, 0.05) is 27.7 Å². The molecule has 0 spiro atoms. The molecule has 2 heterocycles. The van der Waals surface area contributed by atoms with Crippen molar-refractivity contribution in [2.24, 2.45) is 0 Å². The standard InChI is InChI=1S/C18H12Cl2N2O2/c1-10-14(8-12-3-2-6-21-18(12)22-10)16(23)5-4-11-7-13(19)9-15(20)17(11)24/h2-9,24H,1H3/b5-4+. The zero-order chi connectivity index (χ0) is 17.3. The average molecular weight is 359 g/mol. The molecule has 24 heavy (non-hydrogen) atoms. The normalized spacial score (nSPS) is 11.3. The van der Waals surface area contributed by atoms with Crippen LogP contribution < -0.4 is 0 Å². The largest absolute Gasteiger partial charge is 0.506 e. The Labute approximate surface area is 148 Å². The second-order valence-electron chi connectivity index (χ2n) is 5.19. The number of aryl methyl sites for hydroxylation is 1. The van der Waals surface area contributed by atoms with E-state index in [0.717, 1.165) is 5.39 Å². The minimum absolute atomic E-state index is 0.123. The molecule has 0 radical (unpaired) electrons. The molecule has 3 rings (SSSR count). The number of phenols is 1. The summed E-state index contributed by atoms with van der Waals surface area (Å²) in [7, 11) is 0. The third kappa shape index (κ3) is 3.25. The summed E-state index contributed by atoms with van der Waals surface area (Å²) in [5, 5.41) is 11.2. The van der Waals surface area contributed by atoms with Crippen LogP contribution in [0.4, 0.5) is 0 Å². The Hall–Kier alpha value is -2.43. The number of aromatic nitrogens is 2. The molecule has 0 aliphatic rings. The van der Waals surface area contributed by atoms with Crippen molar-refractivity contribution >= 4 is 46.1 Å². The minimum atomic E-state index is -0.235. The number of phenolic OH excluding ortho intramolecular Hbond substituents is 1. The zero-order valence-electron chi connectivity index (χ0n) is 12.6. The second kappa shape index (κ2) is 6.59. The number of hydrogen-bond donors (Lipinski definition) is 1. The lowest BCUT2D eigenvalue weighted by atomic mass is 10.1. The highest BCUT2D eigenvalue weighted by atomic mass is 35.5. The Balaban J connectivity index is 1.97. The first-order chi connectivity index (χ1) is 11.5. The number of aromatic hydroxyl groups is 1. The van der Waals surface area contributed by atoms with Crippen LogP contribution in [-0.4, -0.2) is 20.9 Å². The topological polar surface area (TPSA) is 63.1 Å². The van der Waals surface area contributed by atoms with Gasteiger partial charge in [-0.2, -0.15) is 0 Å². The van der Waals surface area contributed by atoms with Crippen LogP contribution in [0, 0.1) is 6.92 Å². The summed E-state index contributed by atoms with van der Waals surface area (Å²) >= 11 is 11.8. The van der Waals surface area contributed by atoms with Crippen LogP contribution in [0.2, 0.25) is 10.0 Å². The molecule has 120 valence electrons. The number of carbonyl (C=O) groups excluding carboxylic acids is 1. The number of fused-ring (bicyclic) bond motifs is 1. The van der Waals surface area contributed by atoms with E-state index in [1.165, 1.54) is 24.3 Å². The van der Waals surface area contributed by atoms with Crippen LogP contribution in [0.25, 0.3) is 17.1 Å². The van der Waals surface area contributed by atoms with E-state index < -0.39 is 0 Å². The Kier molecular flexibility index (Phi) is 4.51. The lowest BCUT2D eigenvalue weighted by molar-refractivity contribution is 0.104. The zero-order valence-corrected chi connectivity index (χ0v) is 14.1. The summed E-state index contributed by atoms with van der Waals surface area (Å²) in [5.74, 6) is -0.357. The maximum atomic E-state index is 12.5. The van der Waals surface area contributed by atoms with Crippen molar-refractivity contribution in [1.82, 2.24) is 9.97 Å². The second-order valence-corrected chi connectivity index (χ2v) is 6.04. The molecule has 0 atom stereocenters. The Morgan fingerprint density at radius 3 is 2.83 bits per heavy atom. The molecule has 0 unspecified atom stereocenters. The Bertz CT molecular complexity index is 984. The van der Waals surface area contributed by atoms with E-state index >= 15 is 0 Å². The van der Waals surface area contributed by atoms with E-state index in [2.05, 4.69) is 9.97 Å². The summed E-state index contributed by atoms with van der Waals surface area (Å²) in [4.78, 5) is 21.0. The fourth-order valence-electron chi connectivity index (χ4n) is 2.31. The summed E-state index contributed by atoms with van der Waals surface area (Å²) in [6.07, 6.45) is 4.48. The highest BCUT2D eigenvalue weighted by Gasteiger charge is 2.11. The van der Waals surface area contributed by atoms with E-state index in [1.807, 2.05) is 6.07 Å². The van der Waals surface area contributed by atoms with Crippen LogP contribution in [0.5, 0.6) is 5.75 Å². The molecule has 1 N–H and O–H groups in total. The van der Waals surface area contributed by atoms with Crippen molar-refractivity contribution < 1.29 is 9.90 Å². The predicted octanol–water partition coefficient (Wildman–Crippen LogP) is 4.85. The van der Waals surface area contributed by atoms with Crippen molar-refractivity contribution in [2.75, 3.05) is 0 Å². The third-order valence-electron chi connectivity index (χ3n) is 3.52. The van der Waals surface area contributed by atoms with Gasteiger partial charge in [-0.25, -0.2) is 9.97 Å². The molecule has 0 saturated carbocycles. The van der Waals surface area contributed by atoms with Gasteiger partial charge in [0.2, 0.25) is 0 Å². The van der Waals surface area contributed by atoms with Crippen molar-refractivity contribution in [3.05, 3.63) is 69.5 Å². The molecule has 0 amide bonds. The molecule has 1 aromatic carbocycles. The van der Waals surface area contributed by atoms with Gasteiger partial charge in [-0.15, -0.1) is 0 Å². The number of rotatable bonds is 3. The van der Waals surface area contributed by atoms with Crippen molar-refractivity contribution in [3.8, 4) is 5.75 Å². The number of pyridine rings is 2. The molecule has 2 aromatic heterocycles. The Morgan fingerprint density at radius 1 is 1.25 bits per heavy atom. The third-order valence-corrected chi connectivity index (χ3v) is 4.02. The monoisotopic (exact) mass is 358 g/mol. The maximum Gasteiger partial charge on any atom is 0.187 e. The summed E-state index contributed by atoms with van der Waals surface area (Å²) in [6, 6.07) is 8.35. The SMILES string of the molecule is Cc1nc2ncccc2cc1C(=O)/C=C/c1cc(Cl)cc(Cl)c1O. The summed E-state index contributed by atoms with van der Waals surface area (Å²) < 4.78 is 0. The van der Waals surface area contributed by atoms with E-state index in [4.69, 9.17) is 23.2 Å². The summed E-state index contributed by atoms with van der Waals surface area (Å²) in [6.45, 7) is 1.75. The van der Waals surface area contributed by atoms with Gasteiger partial charge in [-0.1, -0.05) is 23.2 Å². The van der Waals surface area contributed by atoms with Gasteiger partial charge in [0.1, 0.15) is 5.75 Å². The number of halogens is 2. The first kappa shape index (κ1) is 16.4. The first-order valence-electron chi connectivity index (χ1n) is 7.08. The Morgan fingerprint density at radius 2 is 2.04 bits per heavy atom. The maximum absolute atomic E-state index is 12.5. The van der Waals surface area contributed by atoms with Crippen molar-refractivity contribution in [2.45, 2.75) is 6.92 Å². The number of carbonyl (C=O) groups is 1. The molecule has 0 fully saturated rings. The van der Waals surface area contributed by atoms with Gasteiger partial charge in [0.05, 0.1) is 10.7 Å². The van der Waals surface area contributed by atoms with Crippen molar-refractivity contribution in [3.63, 3.8) is 0 Å². The van der Waals surface area contributed by atoms with Crippen molar-refractivity contribution in [1.29, 1.82) is 0 Å². The lowest BCUT2D eigenvalue weighted by Gasteiger charge is -2.05. The molecule has 3 aromatic rings. The van der Waals surface area contributed by atoms with E-state index in [-0.39, 0.29) is 16.6 Å². The van der Waals surface area contributed by atoms with Crippen LogP contribution in [0.15, 0.2) is 42.6 Å². The number of allylic oxidation sites excluding steroid dienone is 1. The molecule has 0 bridgehead atoms. The van der Waals surface area contributed by atoms with Gasteiger partial charge in [-0.05, 0) is 49.4 Å². The minimum Gasteiger partial charge on any atom is -0.506 e. The molecule has 6 heteroatoms. The van der Waals surface area contributed by atoms with E-state index in [1.54, 1.807) is 25.3 Å². The average Bonchev–Trinajstić information content (AvgIpc) is 2.55. The van der Waals surface area contributed by atoms with Crippen LogP contribution in [0.1, 0.15) is 21.6 Å². The van der Waals surface area contributed by atoms with Crippen LogP contribution in [0.3, 0.4) is 0 Å². The molecule has 0 aliphatic carbocycles. The molecule has 4 nitrogen and oxygen atoms in total. The predicted molar refractivity (Wildman–Crippen MR) is 95.8 cm³/mol. The van der Waals surface area contributed by atoms with Gasteiger partial charge >= 0.3 is 0 Å². The first-order valence-corrected chi connectivity index (χ1v) is 7.84. The fraction of sp³-hybridized carbons (Fsp3) is 0.0556. The highest BCUT2D eigenvalue weighted by molar-refractivity contribution is 6.35. The molecular weight excluding hydrogens is 347 g/mol. The number of nitrogens with zero attached hydrogens (tertiary/aromatic N) is 2. The summed E-state index contributed by atoms with van der Waals surface area (Å²) in [5.41, 5.74) is 2.02. The quantitative estimate of drug-likeness (QED) is 0.537. The number of hydrogen-bond acceptors (Lipinski definition) is 4. The van der Waals surface area contributed by atoms with E-state index in [0.29, 0.717) is 27.5 Å². The number of ketones is 1. The molecular formula is C18H12Cl2N2O2. The van der Waals surface area contributed by atoms with Gasteiger partial charge < -0.3 is 5.11 Å². The van der Waals surface area contributed by atoms with Gasteiger partial charge in [0.15, 0.2) is 11.4 Å². The van der Waals surface area contributed by atoms with Gasteiger partial charge in [0.25, 0.3) is 0 Å². The fourth-order valence-corrected chi connectivity index (χ4v) is 2.82. The van der Waals surface area contributed by atoms with E-state index in [9.17, 15) is 9.90 Å². The highest BCUT2D eigenvalue weighted by Crippen LogP contribution is 2.32. The molecule has 0 saturated heterocycles. The van der Waals surface area contributed by atoms with Crippen LogP contribution in [-0.2, 0) is 0 Å². The van der Waals surface area contributed by atoms with Gasteiger partial charge in [-0.3, -0.25) is 4.79 Å². The lowest BCUT2D eigenvalue weighted by Crippen LogP contribution is -2.01.